The van der Waals surface area contributed by atoms with Crippen LogP contribution in [0.15, 0.2) is 40.4 Å². The lowest BCUT2D eigenvalue weighted by atomic mass is 10.1. The number of halogens is 1. The summed E-state index contributed by atoms with van der Waals surface area (Å²) in [5.74, 6) is 0. The van der Waals surface area contributed by atoms with E-state index >= 15 is 0 Å². The highest BCUT2D eigenvalue weighted by molar-refractivity contribution is 9.11. The first-order chi connectivity index (χ1) is 7.79. The lowest BCUT2D eigenvalue weighted by Crippen LogP contribution is -2.17. The summed E-state index contributed by atoms with van der Waals surface area (Å²) < 4.78 is 1.18. The number of rotatable bonds is 4. The van der Waals surface area contributed by atoms with Gasteiger partial charge in [-0.05, 0) is 59.2 Å². The van der Waals surface area contributed by atoms with Crippen molar-refractivity contribution in [2.45, 2.75) is 12.5 Å². The summed E-state index contributed by atoms with van der Waals surface area (Å²) in [7, 11) is 2.00. The van der Waals surface area contributed by atoms with Gasteiger partial charge in [0.25, 0.3) is 0 Å². The van der Waals surface area contributed by atoms with Crippen molar-refractivity contribution in [3.05, 3.63) is 50.9 Å². The Balaban J connectivity index is 2.12. The Morgan fingerprint density at radius 2 is 2.06 bits per heavy atom. The van der Waals surface area contributed by atoms with Crippen LogP contribution in [0.2, 0.25) is 0 Å². The summed E-state index contributed by atoms with van der Waals surface area (Å²) in [4.78, 5) is 5.38. The minimum absolute atomic E-state index is 0.374. The molecule has 4 heteroatoms. The molecule has 84 valence electrons. The van der Waals surface area contributed by atoms with Crippen LogP contribution in [0, 0.1) is 0 Å². The van der Waals surface area contributed by atoms with E-state index in [2.05, 4.69) is 50.5 Å². The zero-order chi connectivity index (χ0) is 11.4. The van der Waals surface area contributed by atoms with E-state index in [0.717, 1.165) is 6.42 Å². The molecule has 2 aromatic rings. The summed E-state index contributed by atoms with van der Waals surface area (Å²) in [5.41, 5.74) is 1.30. The number of thiophene rings is 1. The van der Waals surface area contributed by atoms with Crippen LogP contribution >= 0.6 is 27.3 Å². The van der Waals surface area contributed by atoms with Crippen LogP contribution in [0.25, 0.3) is 0 Å². The SMILES string of the molecule is CNC(Cc1ccncc1)c1ccc(Br)s1. The number of nitrogens with one attached hydrogen (secondary N) is 1. The Hall–Kier alpha value is -0.710. The third-order valence-electron chi connectivity index (χ3n) is 2.48. The molecule has 1 N–H and O–H groups in total. The van der Waals surface area contributed by atoms with E-state index in [1.165, 1.54) is 14.2 Å². The number of aromatic nitrogens is 1. The maximum atomic E-state index is 4.03. The number of pyridine rings is 1. The summed E-state index contributed by atoms with van der Waals surface area (Å²) in [6, 6.07) is 8.76. The van der Waals surface area contributed by atoms with Crippen LogP contribution in [0.5, 0.6) is 0 Å². The van der Waals surface area contributed by atoms with Crippen LogP contribution in [-0.2, 0) is 6.42 Å². The van der Waals surface area contributed by atoms with E-state index in [9.17, 15) is 0 Å². The first-order valence-electron chi connectivity index (χ1n) is 5.11. The molecule has 0 bridgehead atoms. The van der Waals surface area contributed by atoms with Gasteiger partial charge in [0.1, 0.15) is 0 Å². The molecule has 2 nitrogen and oxygen atoms in total. The minimum atomic E-state index is 0.374. The van der Waals surface area contributed by atoms with E-state index in [1.807, 2.05) is 19.4 Å². The topological polar surface area (TPSA) is 24.9 Å². The Kier molecular flexibility index (Phi) is 4.09. The van der Waals surface area contributed by atoms with Crippen molar-refractivity contribution in [1.29, 1.82) is 0 Å². The molecule has 1 unspecified atom stereocenters. The average Bonchev–Trinajstić information content (AvgIpc) is 2.74. The highest BCUT2D eigenvalue weighted by atomic mass is 79.9. The molecule has 0 aliphatic carbocycles. The van der Waals surface area contributed by atoms with E-state index < -0.39 is 0 Å². The first kappa shape index (κ1) is 11.8. The van der Waals surface area contributed by atoms with Gasteiger partial charge in [0.2, 0.25) is 0 Å². The van der Waals surface area contributed by atoms with Gasteiger partial charge in [-0.3, -0.25) is 4.98 Å². The molecular weight excluding hydrogens is 284 g/mol. The van der Waals surface area contributed by atoms with E-state index in [-0.39, 0.29) is 0 Å². The molecular formula is C12H13BrN2S. The monoisotopic (exact) mass is 296 g/mol. The fraction of sp³-hybridized carbons (Fsp3) is 0.250. The number of likely N-dealkylation sites (N-methyl/N-ethyl adjacent to an activating group) is 1. The molecule has 2 aromatic heterocycles. The summed E-state index contributed by atoms with van der Waals surface area (Å²) >= 11 is 5.27. The van der Waals surface area contributed by atoms with Gasteiger partial charge >= 0.3 is 0 Å². The molecule has 0 aliphatic rings. The smallest absolute Gasteiger partial charge is 0.0701 e. The Morgan fingerprint density at radius 3 is 2.62 bits per heavy atom. The molecule has 1 atom stereocenters. The zero-order valence-corrected chi connectivity index (χ0v) is 11.4. The van der Waals surface area contributed by atoms with Gasteiger partial charge in [0.05, 0.1) is 3.79 Å². The molecule has 16 heavy (non-hydrogen) atoms. The van der Waals surface area contributed by atoms with E-state index in [4.69, 9.17) is 0 Å². The Bertz CT molecular complexity index is 441. The number of hydrogen-bond donors (Lipinski definition) is 1. The molecule has 0 fully saturated rings. The van der Waals surface area contributed by atoms with Gasteiger partial charge in [-0.2, -0.15) is 0 Å². The lowest BCUT2D eigenvalue weighted by molar-refractivity contribution is 0.602. The molecule has 0 saturated carbocycles. The highest BCUT2D eigenvalue weighted by Gasteiger charge is 2.11. The second kappa shape index (κ2) is 5.57. The lowest BCUT2D eigenvalue weighted by Gasteiger charge is -2.14. The van der Waals surface area contributed by atoms with Crippen molar-refractivity contribution in [3.8, 4) is 0 Å². The molecule has 0 aliphatic heterocycles. The quantitative estimate of drug-likeness (QED) is 0.935. The van der Waals surface area contributed by atoms with E-state index in [0.29, 0.717) is 6.04 Å². The van der Waals surface area contributed by atoms with Gasteiger partial charge in [-0.25, -0.2) is 0 Å². The second-order valence-electron chi connectivity index (χ2n) is 3.54. The van der Waals surface area contributed by atoms with Gasteiger partial charge < -0.3 is 5.32 Å². The van der Waals surface area contributed by atoms with Gasteiger partial charge in [-0.15, -0.1) is 11.3 Å². The molecule has 0 saturated heterocycles. The molecule has 0 amide bonds. The average molecular weight is 297 g/mol. The standard InChI is InChI=1S/C12H13BrN2S/c1-14-10(11-2-3-12(13)16-11)8-9-4-6-15-7-5-9/h2-7,10,14H,8H2,1H3. The molecule has 2 rings (SSSR count). The third-order valence-corrected chi connectivity index (χ3v) is 4.21. The van der Waals surface area contributed by atoms with Crippen LogP contribution in [0.1, 0.15) is 16.5 Å². The van der Waals surface area contributed by atoms with Crippen LogP contribution in [-0.4, -0.2) is 12.0 Å². The largest absolute Gasteiger partial charge is 0.312 e. The normalized spacial score (nSPS) is 12.6. The second-order valence-corrected chi connectivity index (χ2v) is 6.04. The maximum Gasteiger partial charge on any atom is 0.0701 e. The predicted molar refractivity (Wildman–Crippen MR) is 71.8 cm³/mol. The highest BCUT2D eigenvalue weighted by Crippen LogP contribution is 2.28. The summed E-state index contributed by atoms with van der Waals surface area (Å²) in [6.07, 6.45) is 4.67. The van der Waals surface area contributed by atoms with Crippen molar-refractivity contribution in [3.63, 3.8) is 0 Å². The van der Waals surface area contributed by atoms with Gasteiger partial charge in [0.15, 0.2) is 0 Å². The van der Waals surface area contributed by atoms with E-state index in [1.54, 1.807) is 11.3 Å². The first-order valence-corrected chi connectivity index (χ1v) is 6.72. The van der Waals surface area contributed by atoms with Crippen LogP contribution in [0.4, 0.5) is 0 Å². The number of nitrogens with zero attached hydrogens (tertiary/aromatic N) is 1. The fourth-order valence-electron chi connectivity index (χ4n) is 1.62. The fourth-order valence-corrected chi connectivity index (χ4v) is 3.15. The predicted octanol–water partition coefficient (Wildman–Crippen LogP) is 3.41. The Labute approximate surface area is 108 Å². The molecule has 0 radical (unpaired) electrons. The van der Waals surface area contributed by atoms with Crippen molar-refractivity contribution < 1.29 is 0 Å². The molecule has 2 heterocycles. The third kappa shape index (κ3) is 2.90. The molecule has 0 spiro atoms. The molecule has 0 aromatic carbocycles. The van der Waals surface area contributed by atoms with Crippen molar-refractivity contribution in [2.75, 3.05) is 7.05 Å². The van der Waals surface area contributed by atoms with Crippen molar-refractivity contribution in [2.24, 2.45) is 0 Å². The summed E-state index contributed by atoms with van der Waals surface area (Å²) in [5, 5.41) is 3.35. The van der Waals surface area contributed by atoms with Crippen LogP contribution in [0.3, 0.4) is 0 Å². The van der Waals surface area contributed by atoms with Crippen molar-refractivity contribution >= 4 is 27.3 Å². The maximum absolute atomic E-state index is 4.03. The Morgan fingerprint density at radius 1 is 1.31 bits per heavy atom. The van der Waals surface area contributed by atoms with Crippen molar-refractivity contribution in [1.82, 2.24) is 10.3 Å². The summed E-state index contributed by atoms with van der Waals surface area (Å²) in [6.45, 7) is 0. The zero-order valence-electron chi connectivity index (χ0n) is 8.98. The van der Waals surface area contributed by atoms with Crippen LogP contribution < -0.4 is 5.32 Å². The van der Waals surface area contributed by atoms with Gasteiger partial charge in [0, 0.05) is 23.3 Å². The minimum Gasteiger partial charge on any atom is -0.312 e. The number of hydrogen-bond acceptors (Lipinski definition) is 3. The van der Waals surface area contributed by atoms with Gasteiger partial charge in [-0.1, -0.05) is 0 Å².